The second kappa shape index (κ2) is 7.35. The van der Waals surface area contributed by atoms with E-state index < -0.39 is 18.8 Å². The van der Waals surface area contributed by atoms with E-state index in [1.54, 1.807) is 12.3 Å². The minimum absolute atomic E-state index is 0.325. The summed E-state index contributed by atoms with van der Waals surface area (Å²) in [7, 11) is 0. The largest absolute Gasteiger partial charge is 0.492 e. The van der Waals surface area contributed by atoms with Gasteiger partial charge in [-0.05, 0) is 47.5 Å². The summed E-state index contributed by atoms with van der Waals surface area (Å²) in [6, 6.07) is 1.71. The molecular weight excluding hydrogens is 344 g/mol. The van der Waals surface area contributed by atoms with Gasteiger partial charge in [-0.15, -0.1) is 0 Å². The molecule has 0 bridgehead atoms. The van der Waals surface area contributed by atoms with Crippen LogP contribution in [-0.4, -0.2) is 24.9 Å². The molecule has 0 radical (unpaired) electrons. The first-order chi connectivity index (χ1) is 10.1. The van der Waals surface area contributed by atoms with Crippen molar-refractivity contribution in [1.82, 2.24) is 4.98 Å². The Hall–Kier alpha value is -0.950. The molecular formula is C14H20BrF2N3O. The second-order valence-corrected chi connectivity index (χ2v) is 6.52. The molecule has 0 amide bonds. The molecule has 21 heavy (non-hydrogen) atoms. The average Bonchev–Trinajstić information content (AvgIpc) is 2.54. The molecule has 0 unspecified atom stereocenters. The molecule has 1 aliphatic carbocycles. The van der Waals surface area contributed by atoms with Gasteiger partial charge in [0.15, 0.2) is 0 Å². The number of hydrogen-bond acceptors (Lipinski definition) is 4. The third kappa shape index (κ3) is 4.03. The summed E-state index contributed by atoms with van der Waals surface area (Å²) in [6.45, 7) is -0.613. The van der Waals surface area contributed by atoms with Gasteiger partial charge in [0, 0.05) is 17.7 Å². The fourth-order valence-corrected chi connectivity index (χ4v) is 2.91. The van der Waals surface area contributed by atoms with E-state index in [1.807, 2.05) is 0 Å². The number of aromatic nitrogens is 1. The molecule has 7 heteroatoms. The van der Waals surface area contributed by atoms with Crippen LogP contribution in [0, 0.1) is 11.3 Å². The highest BCUT2D eigenvalue weighted by molar-refractivity contribution is 9.10. The van der Waals surface area contributed by atoms with Crippen LogP contribution in [0.25, 0.3) is 0 Å². The quantitative estimate of drug-likeness (QED) is 0.598. The Labute approximate surface area is 131 Å². The van der Waals surface area contributed by atoms with Crippen LogP contribution in [0.15, 0.2) is 16.7 Å². The molecule has 0 saturated heterocycles. The Morgan fingerprint density at radius 3 is 2.62 bits per heavy atom. The van der Waals surface area contributed by atoms with Gasteiger partial charge in [0.2, 0.25) is 0 Å². The molecule has 1 saturated carbocycles. The van der Waals surface area contributed by atoms with E-state index in [1.165, 1.54) is 0 Å². The summed E-state index contributed by atoms with van der Waals surface area (Å²) in [5, 5.41) is 0. The smallest absolute Gasteiger partial charge is 0.143 e. The number of nitrogens with one attached hydrogen (secondary N) is 1. The number of nitrogens with zero attached hydrogens (tertiary/aromatic N) is 1. The summed E-state index contributed by atoms with van der Waals surface area (Å²) < 4.78 is 32.4. The minimum Gasteiger partial charge on any atom is -0.492 e. The number of anilines is 1. The average molecular weight is 364 g/mol. The number of alkyl halides is 2. The van der Waals surface area contributed by atoms with Crippen molar-refractivity contribution < 1.29 is 13.5 Å². The predicted molar refractivity (Wildman–Crippen MR) is 81.6 cm³/mol. The van der Waals surface area contributed by atoms with Gasteiger partial charge in [0.1, 0.15) is 11.6 Å². The van der Waals surface area contributed by atoms with Crippen LogP contribution in [0.2, 0.25) is 0 Å². The number of hydrazine groups is 1. The fourth-order valence-electron chi connectivity index (χ4n) is 2.58. The van der Waals surface area contributed by atoms with E-state index in [0.29, 0.717) is 36.9 Å². The van der Waals surface area contributed by atoms with Gasteiger partial charge in [-0.2, -0.15) is 0 Å². The number of nitrogen functional groups attached to an aromatic ring is 1. The van der Waals surface area contributed by atoms with Crippen molar-refractivity contribution in [1.29, 1.82) is 0 Å². The molecule has 3 N–H and O–H groups in total. The van der Waals surface area contributed by atoms with E-state index in [2.05, 4.69) is 26.3 Å². The maximum atomic E-state index is 12.9. The molecule has 0 spiro atoms. The first-order valence-corrected chi connectivity index (χ1v) is 7.78. The Morgan fingerprint density at radius 2 is 2.05 bits per heavy atom. The van der Waals surface area contributed by atoms with E-state index in [4.69, 9.17) is 10.6 Å². The third-order valence-corrected chi connectivity index (χ3v) is 4.77. The Kier molecular flexibility index (Phi) is 5.75. The highest BCUT2D eigenvalue weighted by Gasteiger charge is 2.35. The lowest BCUT2D eigenvalue weighted by molar-refractivity contribution is 0.0640. The number of pyridine rings is 1. The van der Waals surface area contributed by atoms with Crippen LogP contribution in [-0.2, 0) is 0 Å². The van der Waals surface area contributed by atoms with Crippen molar-refractivity contribution >= 4 is 21.7 Å². The standard InChI is InChI=1S/C14H20BrF2N3O/c15-11-6-19-13(20-18)5-12(11)21-7-10-1-3-14(8-16,9-17)4-2-10/h5-6,10H,1-4,7-9,18H2,(H,19,20). The molecule has 1 heterocycles. The highest BCUT2D eigenvalue weighted by Crippen LogP contribution is 2.40. The summed E-state index contributed by atoms with van der Waals surface area (Å²) in [4.78, 5) is 4.05. The van der Waals surface area contributed by atoms with Gasteiger partial charge in [0.05, 0.1) is 24.4 Å². The van der Waals surface area contributed by atoms with Crippen molar-refractivity contribution in [2.75, 3.05) is 25.4 Å². The van der Waals surface area contributed by atoms with Crippen LogP contribution in [0.3, 0.4) is 0 Å². The molecule has 1 aromatic rings. The summed E-state index contributed by atoms with van der Waals surface area (Å²) >= 11 is 3.37. The zero-order valence-electron chi connectivity index (χ0n) is 11.7. The molecule has 1 fully saturated rings. The van der Waals surface area contributed by atoms with Crippen LogP contribution in [0.4, 0.5) is 14.6 Å². The zero-order chi connectivity index (χ0) is 15.3. The molecule has 1 aliphatic rings. The van der Waals surface area contributed by atoms with Gasteiger partial charge in [-0.25, -0.2) is 10.8 Å². The fraction of sp³-hybridized carbons (Fsp3) is 0.643. The first kappa shape index (κ1) is 16.4. The molecule has 0 atom stereocenters. The molecule has 118 valence electrons. The minimum atomic E-state index is -0.746. The van der Waals surface area contributed by atoms with Crippen molar-refractivity contribution in [2.45, 2.75) is 25.7 Å². The zero-order valence-corrected chi connectivity index (χ0v) is 13.3. The van der Waals surface area contributed by atoms with Gasteiger partial charge in [-0.1, -0.05) is 0 Å². The summed E-state index contributed by atoms with van der Waals surface area (Å²) in [5.41, 5.74) is 1.72. The number of ether oxygens (including phenoxy) is 1. The third-order valence-electron chi connectivity index (χ3n) is 4.18. The maximum absolute atomic E-state index is 12.9. The molecule has 0 aliphatic heterocycles. The van der Waals surface area contributed by atoms with E-state index >= 15 is 0 Å². The molecule has 2 rings (SSSR count). The van der Waals surface area contributed by atoms with Gasteiger partial charge in [-0.3, -0.25) is 8.78 Å². The highest BCUT2D eigenvalue weighted by atomic mass is 79.9. The SMILES string of the molecule is NNc1cc(OCC2CCC(CF)(CF)CC2)c(Br)cn1. The van der Waals surface area contributed by atoms with E-state index in [-0.39, 0.29) is 0 Å². The number of halogens is 3. The molecule has 4 nitrogen and oxygen atoms in total. The number of rotatable bonds is 6. The van der Waals surface area contributed by atoms with Gasteiger partial charge < -0.3 is 10.2 Å². The monoisotopic (exact) mass is 363 g/mol. The molecule has 1 aromatic heterocycles. The predicted octanol–water partition coefficient (Wildman–Crippen LogP) is 3.62. The first-order valence-electron chi connectivity index (χ1n) is 6.99. The van der Waals surface area contributed by atoms with Crippen LogP contribution in [0.5, 0.6) is 5.75 Å². The van der Waals surface area contributed by atoms with Gasteiger partial charge in [0.25, 0.3) is 0 Å². The molecule has 0 aromatic carbocycles. The summed E-state index contributed by atoms with van der Waals surface area (Å²) in [6.07, 6.45) is 4.36. The van der Waals surface area contributed by atoms with Crippen LogP contribution in [0.1, 0.15) is 25.7 Å². The van der Waals surface area contributed by atoms with Crippen molar-refractivity contribution in [3.05, 3.63) is 16.7 Å². The Bertz CT molecular complexity index is 462. The lowest BCUT2D eigenvalue weighted by atomic mass is 9.72. The van der Waals surface area contributed by atoms with Crippen LogP contribution >= 0.6 is 15.9 Å². The maximum Gasteiger partial charge on any atom is 0.143 e. The van der Waals surface area contributed by atoms with Gasteiger partial charge >= 0.3 is 0 Å². The number of nitrogens with two attached hydrogens (primary N) is 1. The normalized spacial score (nSPS) is 18.5. The van der Waals surface area contributed by atoms with Crippen LogP contribution < -0.4 is 16.0 Å². The van der Waals surface area contributed by atoms with Crippen molar-refractivity contribution in [3.8, 4) is 5.75 Å². The Balaban J connectivity index is 1.87. The van der Waals surface area contributed by atoms with Crippen molar-refractivity contribution in [3.63, 3.8) is 0 Å². The lowest BCUT2D eigenvalue weighted by Crippen LogP contribution is -2.33. The van der Waals surface area contributed by atoms with Crippen molar-refractivity contribution in [2.24, 2.45) is 17.2 Å². The number of hydrogen-bond donors (Lipinski definition) is 2. The van der Waals surface area contributed by atoms with E-state index in [9.17, 15) is 8.78 Å². The Morgan fingerprint density at radius 1 is 1.38 bits per heavy atom. The second-order valence-electron chi connectivity index (χ2n) is 5.67. The summed E-state index contributed by atoms with van der Waals surface area (Å²) in [5.74, 6) is 6.82. The van der Waals surface area contributed by atoms with E-state index in [0.717, 1.165) is 17.3 Å². The topological polar surface area (TPSA) is 60.2 Å². The lowest BCUT2D eigenvalue weighted by Gasteiger charge is -2.35.